The summed E-state index contributed by atoms with van der Waals surface area (Å²) in [4.78, 5) is 14.5. The number of piperidine rings is 1. The van der Waals surface area contributed by atoms with E-state index in [9.17, 15) is 9.18 Å². The smallest absolute Gasteiger partial charge is 0.321 e. The summed E-state index contributed by atoms with van der Waals surface area (Å²) < 4.78 is 20.7. The lowest BCUT2D eigenvalue weighted by molar-refractivity contribution is 0.174. The van der Waals surface area contributed by atoms with Gasteiger partial charge in [-0.1, -0.05) is 0 Å². The molecule has 0 bridgehead atoms. The highest BCUT2D eigenvalue weighted by Gasteiger charge is 2.42. The molecule has 0 radical (unpaired) electrons. The number of carbonyl (C=O) groups is 1. The van der Waals surface area contributed by atoms with Crippen molar-refractivity contribution in [3.8, 4) is 11.4 Å². The van der Waals surface area contributed by atoms with E-state index in [1.807, 2.05) is 17.0 Å². The summed E-state index contributed by atoms with van der Waals surface area (Å²) in [7, 11) is 1.67. The van der Waals surface area contributed by atoms with E-state index in [2.05, 4.69) is 39.6 Å². The van der Waals surface area contributed by atoms with E-state index in [1.165, 1.54) is 17.8 Å². The fraction of sp³-hybridized carbons (Fsp3) is 0.261. The van der Waals surface area contributed by atoms with Gasteiger partial charge in [-0.15, -0.1) is 0 Å². The van der Waals surface area contributed by atoms with Gasteiger partial charge >= 0.3 is 6.03 Å². The third kappa shape index (κ3) is 3.07. The number of nitrogens with one attached hydrogen (secondary N) is 2. The van der Waals surface area contributed by atoms with Crippen LogP contribution in [0.3, 0.4) is 0 Å². The Hall–Kier alpha value is -3.48. The number of aromatic nitrogens is 1. The van der Waals surface area contributed by atoms with Crippen molar-refractivity contribution in [2.45, 2.75) is 18.4 Å². The van der Waals surface area contributed by atoms with Gasteiger partial charge in [0.15, 0.2) is 0 Å². The molecule has 154 valence electrons. The van der Waals surface area contributed by atoms with E-state index < -0.39 is 0 Å². The van der Waals surface area contributed by atoms with Crippen molar-refractivity contribution in [2.24, 2.45) is 0 Å². The fourth-order valence-corrected chi connectivity index (χ4v) is 4.46. The van der Waals surface area contributed by atoms with E-state index >= 15 is 0 Å². The Morgan fingerprint density at radius 1 is 1.13 bits per heavy atom. The largest absolute Gasteiger partial charge is 0.497 e. The number of hydrogen-bond acceptors (Lipinski definition) is 3. The van der Waals surface area contributed by atoms with E-state index in [0.29, 0.717) is 18.8 Å². The zero-order valence-corrected chi connectivity index (χ0v) is 16.7. The van der Waals surface area contributed by atoms with Gasteiger partial charge in [0.05, 0.1) is 24.0 Å². The first-order valence-electron chi connectivity index (χ1n) is 10.0. The Bertz CT molecular complexity index is 1080. The third-order valence-electron chi connectivity index (χ3n) is 6.08. The lowest BCUT2D eigenvalue weighted by Crippen LogP contribution is -2.51. The highest BCUT2D eigenvalue weighted by Crippen LogP contribution is 2.44. The van der Waals surface area contributed by atoms with Crippen LogP contribution < -0.4 is 15.4 Å². The number of methoxy groups -OCH3 is 1. The predicted molar refractivity (Wildman–Crippen MR) is 114 cm³/mol. The van der Waals surface area contributed by atoms with Crippen LogP contribution in [0.25, 0.3) is 5.69 Å². The van der Waals surface area contributed by atoms with Gasteiger partial charge in [0.2, 0.25) is 0 Å². The molecule has 0 saturated carbocycles. The van der Waals surface area contributed by atoms with Gasteiger partial charge in [0.25, 0.3) is 0 Å². The van der Waals surface area contributed by atoms with Gasteiger partial charge in [-0.2, -0.15) is 0 Å². The number of anilines is 2. The topological polar surface area (TPSA) is 58.5 Å². The van der Waals surface area contributed by atoms with Crippen LogP contribution in [-0.4, -0.2) is 35.7 Å². The normalized spacial score (nSPS) is 16.4. The molecule has 2 amide bonds. The van der Waals surface area contributed by atoms with Gasteiger partial charge in [0, 0.05) is 36.7 Å². The number of benzene rings is 2. The number of hydrogen-bond donors (Lipinski definition) is 2. The molecule has 1 aromatic heterocycles. The van der Waals surface area contributed by atoms with E-state index in [-0.39, 0.29) is 17.4 Å². The maximum atomic E-state index is 13.1. The molecular weight excluding hydrogens is 383 g/mol. The average molecular weight is 406 g/mol. The van der Waals surface area contributed by atoms with Gasteiger partial charge in [-0.3, -0.25) is 0 Å². The summed E-state index contributed by atoms with van der Waals surface area (Å²) in [5.74, 6) is 0.485. The van der Waals surface area contributed by atoms with Crippen LogP contribution in [0, 0.1) is 5.82 Å². The maximum Gasteiger partial charge on any atom is 0.321 e. The molecule has 1 saturated heterocycles. The minimum atomic E-state index is -0.323. The molecule has 1 spiro atoms. The average Bonchev–Trinajstić information content (AvgIpc) is 3.27. The zero-order valence-electron chi connectivity index (χ0n) is 16.7. The van der Waals surface area contributed by atoms with Crippen molar-refractivity contribution in [2.75, 3.05) is 30.8 Å². The lowest BCUT2D eigenvalue weighted by atomic mass is 9.82. The van der Waals surface area contributed by atoms with Crippen LogP contribution >= 0.6 is 0 Å². The van der Waals surface area contributed by atoms with Crippen LogP contribution in [-0.2, 0) is 5.54 Å². The molecule has 2 N–H and O–H groups in total. The van der Waals surface area contributed by atoms with Crippen molar-refractivity contribution in [1.29, 1.82) is 0 Å². The number of carbonyl (C=O) groups excluding carboxylic acids is 1. The Morgan fingerprint density at radius 3 is 2.63 bits per heavy atom. The van der Waals surface area contributed by atoms with Crippen molar-refractivity contribution >= 4 is 17.4 Å². The summed E-state index contributed by atoms with van der Waals surface area (Å²) in [6, 6.07) is 15.9. The first kappa shape index (κ1) is 18.5. The van der Waals surface area contributed by atoms with Crippen molar-refractivity contribution in [3.05, 3.63) is 72.3 Å². The number of urea groups is 1. The molecule has 5 rings (SSSR count). The first-order valence-corrected chi connectivity index (χ1v) is 10.0. The van der Waals surface area contributed by atoms with Gasteiger partial charge < -0.3 is 24.8 Å². The number of nitrogens with zero attached hydrogens (tertiary/aromatic N) is 2. The minimum Gasteiger partial charge on any atom is -0.497 e. The number of amides is 2. The Morgan fingerprint density at radius 2 is 1.90 bits per heavy atom. The molecule has 3 heterocycles. The first-order chi connectivity index (χ1) is 14.6. The second kappa shape index (κ2) is 7.09. The van der Waals surface area contributed by atoms with Gasteiger partial charge in [0.1, 0.15) is 11.6 Å². The highest BCUT2D eigenvalue weighted by atomic mass is 19.1. The summed E-state index contributed by atoms with van der Waals surface area (Å²) in [5.41, 5.74) is 3.68. The fourth-order valence-electron chi connectivity index (χ4n) is 4.46. The molecule has 0 unspecified atom stereocenters. The maximum absolute atomic E-state index is 13.1. The lowest BCUT2D eigenvalue weighted by Gasteiger charge is -2.46. The molecule has 3 aromatic rings. The predicted octanol–water partition coefficient (Wildman–Crippen LogP) is 4.57. The van der Waals surface area contributed by atoms with Gasteiger partial charge in [-0.25, -0.2) is 9.18 Å². The number of ether oxygens (including phenoxy) is 1. The number of halogens is 1. The molecular formula is C23H23FN4O2. The zero-order chi connectivity index (χ0) is 20.7. The molecule has 0 atom stereocenters. The second-order valence-electron chi connectivity index (χ2n) is 7.78. The Kier molecular flexibility index (Phi) is 4.38. The number of rotatable bonds is 2. The third-order valence-corrected chi connectivity index (χ3v) is 6.08. The van der Waals surface area contributed by atoms with Crippen LogP contribution in [0.5, 0.6) is 5.75 Å². The van der Waals surface area contributed by atoms with Crippen molar-refractivity contribution < 1.29 is 13.9 Å². The summed E-state index contributed by atoms with van der Waals surface area (Å²) in [6.45, 7) is 1.23. The van der Waals surface area contributed by atoms with Crippen molar-refractivity contribution in [1.82, 2.24) is 9.47 Å². The van der Waals surface area contributed by atoms with E-state index in [1.54, 1.807) is 19.2 Å². The monoisotopic (exact) mass is 406 g/mol. The molecule has 7 heteroatoms. The molecule has 2 aliphatic rings. The minimum absolute atomic E-state index is 0.162. The second-order valence-corrected chi connectivity index (χ2v) is 7.78. The quantitative estimate of drug-likeness (QED) is 0.655. The molecule has 2 aromatic carbocycles. The molecule has 30 heavy (non-hydrogen) atoms. The molecule has 6 nitrogen and oxygen atoms in total. The van der Waals surface area contributed by atoms with Crippen LogP contribution in [0.4, 0.5) is 20.6 Å². The van der Waals surface area contributed by atoms with E-state index in [0.717, 1.165) is 30.0 Å². The summed E-state index contributed by atoms with van der Waals surface area (Å²) >= 11 is 0. The molecule has 2 aliphatic heterocycles. The van der Waals surface area contributed by atoms with Crippen molar-refractivity contribution in [3.63, 3.8) is 0 Å². The highest BCUT2D eigenvalue weighted by molar-refractivity contribution is 5.89. The molecule has 1 fully saturated rings. The Balaban J connectivity index is 1.35. The standard InChI is InChI=1S/C23H23FN4O2/c1-30-18-8-9-20-19(15-18)26-23(21-3-2-12-28(20)21)10-13-27(14-11-23)22(29)25-17-6-4-16(24)5-7-17/h2-9,12,15,26H,10-11,13-14H2,1H3,(H,25,29). The number of fused-ring (bicyclic) bond motifs is 4. The summed E-state index contributed by atoms with van der Waals surface area (Å²) in [5, 5.41) is 6.60. The number of likely N-dealkylation sites (tertiary alicyclic amines) is 1. The SMILES string of the molecule is COc1ccc2c(c1)NC1(CCN(C(=O)Nc3ccc(F)cc3)CC1)c1cccn1-2. The summed E-state index contributed by atoms with van der Waals surface area (Å²) in [6.07, 6.45) is 3.64. The van der Waals surface area contributed by atoms with Gasteiger partial charge in [-0.05, 0) is 61.4 Å². The molecule has 0 aliphatic carbocycles. The Labute approximate surface area is 174 Å². The van der Waals surface area contributed by atoms with Crippen LogP contribution in [0.2, 0.25) is 0 Å². The van der Waals surface area contributed by atoms with E-state index in [4.69, 9.17) is 4.74 Å². The van der Waals surface area contributed by atoms with Crippen LogP contribution in [0.15, 0.2) is 60.8 Å². The van der Waals surface area contributed by atoms with Crippen LogP contribution in [0.1, 0.15) is 18.5 Å².